The summed E-state index contributed by atoms with van der Waals surface area (Å²) in [5, 5.41) is 0. The van der Waals surface area contributed by atoms with E-state index in [0.29, 0.717) is 17.4 Å². The highest BCUT2D eigenvalue weighted by Gasteiger charge is 2.17. The molecule has 0 fully saturated rings. The summed E-state index contributed by atoms with van der Waals surface area (Å²) in [6, 6.07) is 0.361. The first-order valence-electron chi connectivity index (χ1n) is 4.08. The van der Waals surface area contributed by atoms with Crippen LogP contribution >= 0.6 is 0 Å². The molecule has 1 nitrogen and oxygen atoms in total. The molecule has 0 heterocycles. The maximum Gasteiger partial charge on any atom is 0.00668 e. The van der Waals surface area contributed by atoms with Crippen LogP contribution in [0, 0.1) is 11.3 Å². The Hall–Kier alpha value is -0.0400. The summed E-state index contributed by atoms with van der Waals surface area (Å²) in [6.07, 6.45) is 1.12. The van der Waals surface area contributed by atoms with Gasteiger partial charge in [-0.25, -0.2) is 0 Å². The van der Waals surface area contributed by atoms with Gasteiger partial charge in [-0.1, -0.05) is 34.6 Å². The average Bonchev–Trinajstić information content (AvgIpc) is 1.60. The fourth-order valence-corrected chi connectivity index (χ4v) is 0.943. The fourth-order valence-electron chi connectivity index (χ4n) is 0.943. The molecule has 0 aliphatic carbocycles. The van der Waals surface area contributed by atoms with E-state index in [-0.39, 0.29) is 0 Å². The Bertz CT molecular complexity index is 89.4. The Kier molecular flexibility index (Phi) is 3.37. The van der Waals surface area contributed by atoms with Gasteiger partial charge in [0.2, 0.25) is 0 Å². The molecule has 0 rings (SSSR count). The topological polar surface area (TPSA) is 26.0 Å². The van der Waals surface area contributed by atoms with Gasteiger partial charge in [-0.2, -0.15) is 0 Å². The molecule has 1 heteroatoms. The number of hydrogen-bond acceptors (Lipinski definition) is 1. The van der Waals surface area contributed by atoms with Gasteiger partial charge in [0.25, 0.3) is 0 Å². The highest BCUT2D eigenvalue weighted by atomic mass is 14.6. The molecule has 0 aromatic rings. The van der Waals surface area contributed by atoms with Crippen LogP contribution in [-0.4, -0.2) is 6.04 Å². The van der Waals surface area contributed by atoms with Crippen molar-refractivity contribution in [2.45, 2.75) is 47.1 Å². The Balaban J connectivity index is 3.68. The predicted molar refractivity (Wildman–Crippen MR) is 46.9 cm³/mol. The molecule has 0 aliphatic rings. The minimum Gasteiger partial charge on any atom is -0.327 e. The Labute approximate surface area is 65.0 Å². The lowest BCUT2D eigenvalue weighted by Gasteiger charge is -2.25. The molecule has 1 atom stereocenters. The second-order valence-corrected chi connectivity index (χ2v) is 4.67. The van der Waals surface area contributed by atoms with E-state index in [9.17, 15) is 0 Å². The number of hydrogen-bond donors (Lipinski definition) is 1. The minimum absolute atomic E-state index is 0.361. The van der Waals surface area contributed by atoms with Crippen molar-refractivity contribution in [1.82, 2.24) is 0 Å². The molecule has 0 radical (unpaired) electrons. The van der Waals surface area contributed by atoms with Gasteiger partial charge in [0.05, 0.1) is 0 Å². The highest BCUT2D eigenvalue weighted by Crippen LogP contribution is 2.22. The van der Waals surface area contributed by atoms with Crippen molar-refractivity contribution in [2.24, 2.45) is 17.1 Å². The lowest BCUT2D eigenvalue weighted by molar-refractivity contribution is 0.302. The van der Waals surface area contributed by atoms with Crippen molar-refractivity contribution < 1.29 is 0 Å². The molecule has 0 saturated heterocycles. The summed E-state index contributed by atoms with van der Waals surface area (Å²) in [4.78, 5) is 0. The number of nitrogens with two attached hydrogens (primary N) is 1. The first-order chi connectivity index (χ1) is 4.33. The Morgan fingerprint density at radius 2 is 1.60 bits per heavy atom. The van der Waals surface area contributed by atoms with Gasteiger partial charge in [-0.05, 0) is 17.8 Å². The Morgan fingerprint density at radius 1 is 1.20 bits per heavy atom. The summed E-state index contributed by atoms with van der Waals surface area (Å²) in [7, 11) is 0. The van der Waals surface area contributed by atoms with Gasteiger partial charge in [0, 0.05) is 6.04 Å². The van der Waals surface area contributed by atoms with Crippen LogP contribution in [0.4, 0.5) is 0 Å². The summed E-state index contributed by atoms with van der Waals surface area (Å²) in [5.41, 5.74) is 6.28. The van der Waals surface area contributed by atoms with Crippen LogP contribution in [0.1, 0.15) is 41.0 Å². The molecule has 0 aliphatic heterocycles. The molecular weight excluding hydrogens is 122 g/mol. The van der Waals surface area contributed by atoms with Gasteiger partial charge in [-0.15, -0.1) is 0 Å². The zero-order valence-electron chi connectivity index (χ0n) is 7.94. The molecular formula is C9H21N. The van der Waals surface area contributed by atoms with Gasteiger partial charge < -0.3 is 5.73 Å². The lowest BCUT2D eigenvalue weighted by Crippen LogP contribution is -2.31. The van der Waals surface area contributed by atoms with Crippen LogP contribution in [0.25, 0.3) is 0 Å². The highest BCUT2D eigenvalue weighted by molar-refractivity contribution is 4.73. The summed E-state index contributed by atoms with van der Waals surface area (Å²) >= 11 is 0. The quantitative estimate of drug-likeness (QED) is 0.631. The van der Waals surface area contributed by atoms with Crippen molar-refractivity contribution in [3.8, 4) is 0 Å². The van der Waals surface area contributed by atoms with Crippen LogP contribution in [0.15, 0.2) is 0 Å². The molecule has 0 saturated carbocycles. The standard InChI is InChI=1S/C9H21N/c1-7(2)8(10)6-9(3,4)5/h7-8H,6,10H2,1-5H3. The molecule has 0 bridgehead atoms. The van der Waals surface area contributed by atoms with Crippen LogP contribution < -0.4 is 5.73 Å². The van der Waals surface area contributed by atoms with E-state index in [1.54, 1.807) is 0 Å². The second-order valence-electron chi connectivity index (χ2n) is 4.67. The molecule has 0 aromatic heterocycles. The molecule has 0 amide bonds. The summed E-state index contributed by atoms with van der Waals surface area (Å²) < 4.78 is 0. The SMILES string of the molecule is CC(C)C(N)CC(C)(C)C. The molecule has 62 valence electrons. The third-order valence-electron chi connectivity index (χ3n) is 1.70. The molecule has 0 spiro atoms. The van der Waals surface area contributed by atoms with Gasteiger partial charge in [0.15, 0.2) is 0 Å². The first-order valence-corrected chi connectivity index (χ1v) is 4.08. The zero-order chi connectivity index (χ0) is 8.36. The van der Waals surface area contributed by atoms with E-state index in [0.717, 1.165) is 6.42 Å². The largest absolute Gasteiger partial charge is 0.327 e. The van der Waals surface area contributed by atoms with E-state index < -0.39 is 0 Å². The van der Waals surface area contributed by atoms with E-state index in [1.165, 1.54) is 0 Å². The van der Waals surface area contributed by atoms with Crippen LogP contribution in [0.5, 0.6) is 0 Å². The molecule has 1 unspecified atom stereocenters. The molecule has 10 heavy (non-hydrogen) atoms. The number of rotatable bonds is 2. The fraction of sp³-hybridized carbons (Fsp3) is 1.00. The summed E-state index contributed by atoms with van der Waals surface area (Å²) in [6.45, 7) is 11.0. The zero-order valence-corrected chi connectivity index (χ0v) is 7.94. The van der Waals surface area contributed by atoms with Gasteiger partial charge in [0.1, 0.15) is 0 Å². The minimum atomic E-state index is 0.361. The molecule has 0 aromatic carbocycles. The Morgan fingerprint density at radius 3 is 1.70 bits per heavy atom. The van der Waals surface area contributed by atoms with Crippen LogP contribution in [0.3, 0.4) is 0 Å². The first kappa shape index (κ1) is 9.96. The van der Waals surface area contributed by atoms with Crippen molar-refractivity contribution in [3.63, 3.8) is 0 Å². The van der Waals surface area contributed by atoms with Crippen LogP contribution in [-0.2, 0) is 0 Å². The van der Waals surface area contributed by atoms with E-state index in [2.05, 4.69) is 34.6 Å². The van der Waals surface area contributed by atoms with Crippen LogP contribution in [0.2, 0.25) is 0 Å². The van der Waals surface area contributed by atoms with Crippen molar-refractivity contribution in [1.29, 1.82) is 0 Å². The van der Waals surface area contributed by atoms with Crippen molar-refractivity contribution in [2.75, 3.05) is 0 Å². The van der Waals surface area contributed by atoms with Gasteiger partial charge >= 0.3 is 0 Å². The smallest absolute Gasteiger partial charge is 0.00668 e. The normalized spacial score (nSPS) is 15.9. The van der Waals surface area contributed by atoms with E-state index >= 15 is 0 Å². The monoisotopic (exact) mass is 143 g/mol. The van der Waals surface area contributed by atoms with E-state index in [4.69, 9.17) is 5.73 Å². The third kappa shape index (κ3) is 4.80. The maximum atomic E-state index is 5.90. The molecule has 2 N–H and O–H groups in total. The second kappa shape index (κ2) is 3.38. The summed E-state index contributed by atoms with van der Waals surface area (Å²) in [5.74, 6) is 0.610. The predicted octanol–water partition coefficient (Wildman–Crippen LogP) is 2.41. The maximum absolute atomic E-state index is 5.90. The van der Waals surface area contributed by atoms with Gasteiger partial charge in [-0.3, -0.25) is 0 Å². The average molecular weight is 143 g/mol. The third-order valence-corrected chi connectivity index (χ3v) is 1.70. The van der Waals surface area contributed by atoms with Crippen molar-refractivity contribution in [3.05, 3.63) is 0 Å². The van der Waals surface area contributed by atoms with E-state index in [1.807, 2.05) is 0 Å². The lowest BCUT2D eigenvalue weighted by atomic mass is 9.85. The van der Waals surface area contributed by atoms with Crippen molar-refractivity contribution >= 4 is 0 Å².